The number of nitrogens with zero attached hydrogens (tertiary/aromatic N) is 2. The first-order valence-electron chi connectivity index (χ1n) is 9.69. The summed E-state index contributed by atoms with van der Waals surface area (Å²) >= 11 is 0. The molecule has 5 nitrogen and oxygen atoms in total. The van der Waals surface area contributed by atoms with Crippen LogP contribution >= 0.6 is 0 Å². The molecule has 0 amide bonds. The largest absolute Gasteiger partial charge is 0.490 e. The number of sulfone groups is 1. The Morgan fingerprint density at radius 3 is 2.50 bits per heavy atom. The fourth-order valence-corrected chi connectivity index (χ4v) is 4.84. The molecular weight excluding hydrogens is 372 g/mol. The molecule has 3 aromatic rings. The van der Waals surface area contributed by atoms with E-state index in [1.807, 2.05) is 18.2 Å². The Balaban J connectivity index is 1.54. The summed E-state index contributed by atoms with van der Waals surface area (Å²) in [5.74, 6) is 0.693. The van der Waals surface area contributed by atoms with E-state index in [4.69, 9.17) is 4.74 Å². The minimum atomic E-state index is -3.58. The third kappa shape index (κ3) is 4.03. The van der Waals surface area contributed by atoms with Crippen LogP contribution in [0.5, 0.6) is 5.75 Å². The minimum absolute atomic E-state index is 0.191. The summed E-state index contributed by atoms with van der Waals surface area (Å²) in [5.41, 5.74) is 0.688. The second-order valence-corrected chi connectivity index (χ2v) is 9.02. The van der Waals surface area contributed by atoms with Gasteiger partial charge in [-0.1, -0.05) is 36.8 Å². The van der Waals surface area contributed by atoms with Crippen molar-refractivity contribution in [2.75, 3.05) is 26.2 Å². The second-order valence-electron chi connectivity index (χ2n) is 7.07. The van der Waals surface area contributed by atoms with Gasteiger partial charge >= 0.3 is 0 Å². The third-order valence-corrected chi connectivity index (χ3v) is 6.86. The van der Waals surface area contributed by atoms with E-state index in [0.29, 0.717) is 17.9 Å². The van der Waals surface area contributed by atoms with E-state index in [1.165, 1.54) is 25.5 Å². The predicted octanol–water partition coefficient (Wildman–Crippen LogP) is 3.93. The van der Waals surface area contributed by atoms with Gasteiger partial charge in [-0.25, -0.2) is 8.42 Å². The summed E-state index contributed by atoms with van der Waals surface area (Å²) in [5, 5.41) is 0.757. The van der Waals surface area contributed by atoms with Crippen molar-refractivity contribution in [3.63, 3.8) is 0 Å². The first kappa shape index (κ1) is 18.9. The quantitative estimate of drug-likeness (QED) is 0.632. The Bertz CT molecular complexity index is 1050. The third-order valence-electron chi connectivity index (χ3n) is 5.13. The van der Waals surface area contributed by atoms with Crippen molar-refractivity contribution in [1.29, 1.82) is 0 Å². The molecule has 28 heavy (non-hydrogen) atoms. The summed E-state index contributed by atoms with van der Waals surface area (Å²) in [7, 11) is -3.58. The van der Waals surface area contributed by atoms with Crippen LogP contribution in [-0.2, 0) is 9.84 Å². The molecule has 6 heteroatoms. The van der Waals surface area contributed by atoms with Crippen molar-refractivity contribution in [1.82, 2.24) is 9.88 Å². The van der Waals surface area contributed by atoms with Gasteiger partial charge in [-0.05, 0) is 50.2 Å². The molecule has 0 saturated carbocycles. The van der Waals surface area contributed by atoms with Gasteiger partial charge in [0.15, 0.2) is 0 Å². The highest BCUT2D eigenvalue weighted by molar-refractivity contribution is 7.91. The molecule has 1 aliphatic rings. The lowest BCUT2D eigenvalue weighted by Crippen LogP contribution is -2.33. The topological polar surface area (TPSA) is 59.5 Å². The maximum Gasteiger partial charge on any atom is 0.208 e. The van der Waals surface area contributed by atoms with Crippen LogP contribution in [0.1, 0.15) is 19.3 Å². The SMILES string of the molecule is O=S(=O)(c1ccccc1)c1cnc2c(OCCN3CCCCC3)cccc2c1. The number of piperidine rings is 1. The maximum atomic E-state index is 12.8. The zero-order chi connectivity index (χ0) is 19.4. The highest BCUT2D eigenvalue weighted by Gasteiger charge is 2.19. The molecule has 146 valence electrons. The number of fused-ring (bicyclic) bond motifs is 1. The Morgan fingerprint density at radius 1 is 0.929 bits per heavy atom. The molecule has 0 aliphatic carbocycles. The number of rotatable bonds is 6. The minimum Gasteiger partial charge on any atom is -0.490 e. The zero-order valence-corrected chi connectivity index (χ0v) is 16.6. The van der Waals surface area contributed by atoms with Crippen LogP contribution in [0.25, 0.3) is 10.9 Å². The fraction of sp³-hybridized carbons (Fsp3) is 0.318. The number of para-hydroxylation sites is 1. The molecule has 1 aliphatic heterocycles. The van der Waals surface area contributed by atoms with Gasteiger partial charge < -0.3 is 4.74 Å². The Morgan fingerprint density at radius 2 is 1.71 bits per heavy atom. The smallest absolute Gasteiger partial charge is 0.208 e. The maximum absolute atomic E-state index is 12.8. The molecule has 0 bridgehead atoms. The average Bonchev–Trinajstić information content (AvgIpc) is 2.75. The molecule has 0 atom stereocenters. The molecule has 2 aromatic carbocycles. The molecule has 0 radical (unpaired) electrons. The molecule has 2 heterocycles. The van der Waals surface area contributed by atoms with E-state index in [9.17, 15) is 8.42 Å². The first-order valence-corrected chi connectivity index (χ1v) is 11.2. The van der Waals surface area contributed by atoms with Gasteiger partial charge in [-0.15, -0.1) is 0 Å². The molecule has 0 N–H and O–H groups in total. The number of benzene rings is 2. The summed E-state index contributed by atoms with van der Waals surface area (Å²) in [6.45, 7) is 3.78. The van der Waals surface area contributed by atoms with Crippen LogP contribution in [0.15, 0.2) is 70.6 Å². The van der Waals surface area contributed by atoms with Crippen molar-refractivity contribution in [3.05, 3.63) is 60.8 Å². The summed E-state index contributed by atoms with van der Waals surface area (Å²) in [6.07, 6.45) is 5.25. The van der Waals surface area contributed by atoms with Crippen LogP contribution in [0.4, 0.5) is 0 Å². The first-order chi connectivity index (χ1) is 13.6. The van der Waals surface area contributed by atoms with E-state index >= 15 is 0 Å². The Labute approximate surface area is 165 Å². The zero-order valence-electron chi connectivity index (χ0n) is 15.8. The van der Waals surface area contributed by atoms with Gasteiger partial charge in [0.1, 0.15) is 17.9 Å². The van der Waals surface area contributed by atoms with Gasteiger partial charge in [0.05, 0.1) is 9.79 Å². The monoisotopic (exact) mass is 396 g/mol. The lowest BCUT2D eigenvalue weighted by atomic mass is 10.1. The highest BCUT2D eigenvalue weighted by atomic mass is 32.2. The van der Waals surface area contributed by atoms with E-state index in [-0.39, 0.29) is 9.79 Å². The summed E-state index contributed by atoms with van der Waals surface area (Å²) in [6, 6.07) is 15.7. The van der Waals surface area contributed by atoms with E-state index < -0.39 is 9.84 Å². The van der Waals surface area contributed by atoms with Gasteiger partial charge in [0.25, 0.3) is 0 Å². The van der Waals surface area contributed by atoms with E-state index in [0.717, 1.165) is 25.0 Å². The Hall–Kier alpha value is -2.44. The number of pyridine rings is 1. The fourth-order valence-electron chi connectivity index (χ4n) is 3.58. The number of ether oxygens (including phenoxy) is 1. The molecule has 4 rings (SSSR count). The summed E-state index contributed by atoms with van der Waals surface area (Å²) < 4.78 is 31.6. The van der Waals surface area contributed by atoms with Crippen molar-refractivity contribution in [2.45, 2.75) is 29.1 Å². The number of likely N-dealkylation sites (tertiary alicyclic amines) is 1. The normalized spacial score (nSPS) is 15.6. The lowest BCUT2D eigenvalue weighted by Gasteiger charge is -2.26. The van der Waals surface area contributed by atoms with Gasteiger partial charge in [-0.2, -0.15) is 0 Å². The highest BCUT2D eigenvalue weighted by Crippen LogP contribution is 2.28. The van der Waals surface area contributed by atoms with Gasteiger partial charge in [0.2, 0.25) is 9.84 Å². The number of aromatic nitrogens is 1. The van der Waals surface area contributed by atoms with E-state index in [2.05, 4.69) is 9.88 Å². The van der Waals surface area contributed by atoms with Gasteiger partial charge in [-0.3, -0.25) is 9.88 Å². The molecule has 0 unspecified atom stereocenters. The average molecular weight is 397 g/mol. The Kier molecular flexibility index (Phi) is 5.59. The van der Waals surface area contributed by atoms with Crippen LogP contribution in [0, 0.1) is 0 Å². The van der Waals surface area contributed by atoms with Crippen LogP contribution in [0.3, 0.4) is 0 Å². The number of hydrogen-bond acceptors (Lipinski definition) is 5. The van der Waals surface area contributed by atoms with Crippen molar-refractivity contribution in [3.8, 4) is 5.75 Å². The predicted molar refractivity (Wildman–Crippen MR) is 109 cm³/mol. The molecule has 1 aromatic heterocycles. The van der Waals surface area contributed by atoms with Crippen molar-refractivity contribution in [2.24, 2.45) is 0 Å². The second kappa shape index (κ2) is 8.29. The molecule has 0 spiro atoms. The summed E-state index contributed by atoms with van der Waals surface area (Å²) in [4.78, 5) is 7.30. The lowest BCUT2D eigenvalue weighted by molar-refractivity contribution is 0.184. The molecule has 1 fully saturated rings. The van der Waals surface area contributed by atoms with Gasteiger partial charge in [0, 0.05) is 18.1 Å². The van der Waals surface area contributed by atoms with Crippen molar-refractivity contribution >= 4 is 20.7 Å². The number of hydrogen-bond donors (Lipinski definition) is 0. The molecular formula is C22H24N2O3S. The van der Waals surface area contributed by atoms with Crippen LogP contribution < -0.4 is 4.74 Å². The van der Waals surface area contributed by atoms with Crippen LogP contribution in [0.2, 0.25) is 0 Å². The molecule has 1 saturated heterocycles. The van der Waals surface area contributed by atoms with Crippen molar-refractivity contribution < 1.29 is 13.2 Å². The van der Waals surface area contributed by atoms with E-state index in [1.54, 1.807) is 36.4 Å². The van der Waals surface area contributed by atoms with Crippen LogP contribution in [-0.4, -0.2) is 44.5 Å². The standard InChI is InChI=1S/C22H24N2O3S/c25-28(26,19-9-3-1-4-10-19)20-16-18-8-7-11-21(22(18)23-17-20)27-15-14-24-12-5-2-6-13-24/h1,3-4,7-11,16-17H,2,5-6,12-15H2.